The summed E-state index contributed by atoms with van der Waals surface area (Å²) in [7, 11) is 0. The fourth-order valence-corrected chi connectivity index (χ4v) is 1.75. The lowest BCUT2D eigenvalue weighted by atomic mass is 10.1. The van der Waals surface area contributed by atoms with Gasteiger partial charge < -0.3 is 15.6 Å². The van der Waals surface area contributed by atoms with Crippen LogP contribution in [-0.2, 0) is 11.3 Å². The second-order valence-corrected chi connectivity index (χ2v) is 5.40. The van der Waals surface area contributed by atoms with Gasteiger partial charge in [0.1, 0.15) is 5.75 Å². The van der Waals surface area contributed by atoms with Crippen LogP contribution in [0.25, 0.3) is 5.57 Å². The molecule has 0 unspecified atom stereocenters. The van der Waals surface area contributed by atoms with Gasteiger partial charge in [-0.1, -0.05) is 36.4 Å². The Morgan fingerprint density at radius 1 is 1.04 bits per heavy atom. The number of aliphatic carboxylic acids is 1. The number of carbonyl (C=O) groups excluding carboxylic acids is 1. The lowest BCUT2D eigenvalue weighted by Gasteiger charge is -2.06. The normalized spacial score (nSPS) is 10.4. The second-order valence-electron chi connectivity index (χ2n) is 5.40. The molecule has 0 amide bonds. The molecule has 0 fully saturated rings. The van der Waals surface area contributed by atoms with Gasteiger partial charge in [0.25, 0.3) is 0 Å². The Morgan fingerprint density at radius 2 is 1.48 bits per heavy atom. The summed E-state index contributed by atoms with van der Waals surface area (Å²) in [5.41, 5.74) is 9.00. The van der Waals surface area contributed by atoms with Crippen molar-refractivity contribution in [3.63, 3.8) is 0 Å². The molecule has 0 saturated carbocycles. The van der Waals surface area contributed by atoms with Gasteiger partial charge in [-0.25, -0.2) is 9.59 Å². The van der Waals surface area contributed by atoms with Gasteiger partial charge in [-0.05, 0) is 42.3 Å². The van der Waals surface area contributed by atoms with Crippen LogP contribution >= 0.6 is 0 Å². The Bertz CT molecular complexity index is 797. The van der Waals surface area contributed by atoms with Crippen molar-refractivity contribution >= 4 is 17.5 Å². The van der Waals surface area contributed by atoms with Crippen LogP contribution in [0.1, 0.15) is 28.4 Å². The van der Waals surface area contributed by atoms with E-state index in [1.165, 1.54) is 0 Å². The summed E-state index contributed by atoms with van der Waals surface area (Å²) in [4.78, 5) is 20.9. The van der Waals surface area contributed by atoms with Crippen molar-refractivity contribution < 1.29 is 32.6 Å². The number of halogens is 3. The number of carbonyl (C=O) groups is 2. The van der Waals surface area contributed by atoms with E-state index in [9.17, 15) is 18.0 Å². The molecule has 0 saturated heterocycles. The topological polar surface area (TPSA) is 89.6 Å². The number of carboxylic acids is 1. The van der Waals surface area contributed by atoms with Gasteiger partial charge in [0.05, 0.1) is 5.56 Å². The second kappa shape index (κ2) is 9.54. The highest BCUT2D eigenvalue weighted by atomic mass is 19.4. The summed E-state index contributed by atoms with van der Waals surface area (Å²) in [6.07, 6.45) is -5.08. The van der Waals surface area contributed by atoms with E-state index in [1.54, 1.807) is 24.3 Å². The van der Waals surface area contributed by atoms with E-state index in [-0.39, 0.29) is 5.97 Å². The molecule has 0 spiro atoms. The van der Waals surface area contributed by atoms with Crippen molar-refractivity contribution in [2.45, 2.75) is 19.6 Å². The van der Waals surface area contributed by atoms with Crippen LogP contribution in [0.4, 0.5) is 13.2 Å². The summed E-state index contributed by atoms with van der Waals surface area (Å²) >= 11 is 0. The summed E-state index contributed by atoms with van der Waals surface area (Å²) < 4.78 is 37.0. The maximum absolute atomic E-state index is 12.0. The Balaban J connectivity index is 0.000000445. The number of alkyl halides is 3. The Labute approximate surface area is 153 Å². The molecule has 0 bridgehead atoms. The van der Waals surface area contributed by atoms with Crippen LogP contribution in [0.15, 0.2) is 55.1 Å². The molecule has 2 aromatic carbocycles. The van der Waals surface area contributed by atoms with Gasteiger partial charge >= 0.3 is 18.1 Å². The number of hydrogen-bond donors (Lipinski definition) is 2. The van der Waals surface area contributed by atoms with Crippen LogP contribution in [0.2, 0.25) is 0 Å². The van der Waals surface area contributed by atoms with Gasteiger partial charge in [-0.15, -0.1) is 0 Å². The number of benzene rings is 2. The fourth-order valence-electron chi connectivity index (χ4n) is 1.75. The number of rotatable bonds is 4. The van der Waals surface area contributed by atoms with Crippen molar-refractivity contribution in [2.75, 3.05) is 0 Å². The van der Waals surface area contributed by atoms with Crippen LogP contribution < -0.4 is 10.5 Å². The molecule has 0 aliphatic heterocycles. The van der Waals surface area contributed by atoms with Crippen LogP contribution in [0.3, 0.4) is 0 Å². The molecular weight excluding hydrogens is 363 g/mol. The highest BCUT2D eigenvalue weighted by Crippen LogP contribution is 2.18. The number of esters is 1. The smallest absolute Gasteiger partial charge is 0.475 e. The molecule has 27 heavy (non-hydrogen) atoms. The number of nitrogens with two attached hydrogens (primary N) is 1. The SMILES string of the molecule is C=C(C)c1ccc(OC(=O)c2ccc(CN)cc2)cc1.O=C(O)C(F)(F)F. The third-order valence-corrected chi connectivity index (χ3v) is 3.23. The van der Waals surface area contributed by atoms with E-state index < -0.39 is 12.1 Å². The summed E-state index contributed by atoms with van der Waals surface area (Å²) in [5, 5.41) is 7.12. The minimum absolute atomic E-state index is 0.378. The predicted octanol–water partition coefficient (Wildman–Crippen LogP) is 4.03. The third kappa shape index (κ3) is 7.33. The Morgan fingerprint density at radius 3 is 1.85 bits per heavy atom. The third-order valence-electron chi connectivity index (χ3n) is 3.23. The highest BCUT2D eigenvalue weighted by Gasteiger charge is 2.38. The molecule has 0 aliphatic rings. The molecule has 0 heterocycles. The fraction of sp³-hybridized carbons (Fsp3) is 0.158. The molecule has 2 rings (SSSR count). The van der Waals surface area contributed by atoms with Gasteiger partial charge in [-0.3, -0.25) is 0 Å². The van der Waals surface area contributed by atoms with E-state index in [4.69, 9.17) is 20.4 Å². The van der Waals surface area contributed by atoms with Crippen LogP contribution in [0.5, 0.6) is 5.75 Å². The van der Waals surface area contributed by atoms with E-state index in [1.807, 2.05) is 31.2 Å². The quantitative estimate of drug-likeness (QED) is 0.616. The first-order valence-corrected chi connectivity index (χ1v) is 7.62. The van der Waals surface area contributed by atoms with Crippen molar-refractivity contribution in [3.8, 4) is 5.75 Å². The van der Waals surface area contributed by atoms with E-state index in [0.29, 0.717) is 17.9 Å². The first-order valence-electron chi connectivity index (χ1n) is 7.62. The van der Waals surface area contributed by atoms with Gasteiger partial charge in [-0.2, -0.15) is 13.2 Å². The van der Waals surface area contributed by atoms with Crippen molar-refractivity contribution in [3.05, 3.63) is 71.8 Å². The molecular formula is C19H18F3NO4. The standard InChI is InChI=1S/C17H17NO2.C2HF3O2/c1-12(2)14-7-9-16(10-8-14)20-17(19)15-5-3-13(11-18)4-6-15;3-2(4,5)1(6)7/h3-10H,1,11,18H2,2H3;(H,6,7). The summed E-state index contributed by atoms with van der Waals surface area (Å²) in [6.45, 7) is 6.25. The number of ether oxygens (including phenoxy) is 1. The van der Waals surface area contributed by atoms with Crippen LogP contribution in [0, 0.1) is 0 Å². The van der Waals surface area contributed by atoms with Gasteiger partial charge in [0.15, 0.2) is 0 Å². The zero-order valence-corrected chi connectivity index (χ0v) is 14.4. The summed E-state index contributed by atoms with van der Waals surface area (Å²) in [6, 6.07) is 14.3. The highest BCUT2D eigenvalue weighted by molar-refractivity contribution is 5.91. The molecule has 2 aromatic rings. The molecule has 0 radical (unpaired) electrons. The minimum atomic E-state index is -5.08. The molecule has 5 nitrogen and oxygen atoms in total. The average Bonchev–Trinajstić information content (AvgIpc) is 2.62. The molecule has 0 aliphatic carbocycles. The Kier molecular flexibility index (Phi) is 7.74. The lowest BCUT2D eigenvalue weighted by Crippen LogP contribution is -2.21. The van der Waals surface area contributed by atoms with E-state index in [2.05, 4.69) is 6.58 Å². The van der Waals surface area contributed by atoms with Crippen LogP contribution in [-0.4, -0.2) is 23.2 Å². The largest absolute Gasteiger partial charge is 0.490 e. The monoisotopic (exact) mass is 381 g/mol. The minimum Gasteiger partial charge on any atom is -0.475 e. The first-order chi connectivity index (χ1) is 12.5. The average molecular weight is 381 g/mol. The number of carboxylic acid groups (broad SMARTS) is 1. The first kappa shape index (κ1) is 21.9. The van der Waals surface area contributed by atoms with E-state index >= 15 is 0 Å². The van der Waals surface area contributed by atoms with Gasteiger partial charge in [0.2, 0.25) is 0 Å². The van der Waals surface area contributed by atoms with Crippen molar-refractivity contribution in [1.29, 1.82) is 0 Å². The summed E-state index contributed by atoms with van der Waals surface area (Å²) in [5.74, 6) is -2.62. The predicted molar refractivity (Wildman–Crippen MR) is 94.1 cm³/mol. The zero-order valence-electron chi connectivity index (χ0n) is 14.4. The Hall–Kier alpha value is -3.13. The molecule has 144 valence electrons. The molecule has 8 heteroatoms. The lowest BCUT2D eigenvalue weighted by molar-refractivity contribution is -0.192. The number of hydrogen-bond acceptors (Lipinski definition) is 4. The maximum atomic E-state index is 12.0. The van der Waals surface area contributed by atoms with Crippen molar-refractivity contribution in [2.24, 2.45) is 5.73 Å². The van der Waals surface area contributed by atoms with Crippen molar-refractivity contribution in [1.82, 2.24) is 0 Å². The molecule has 0 atom stereocenters. The molecule has 3 N–H and O–H groups in total. The zero-order chi connectivity index (χ0) is 20.6. The van der Waals surface area contributed by atoms with E-state index in [0.717, 1.165) is 16.7 Å². The van der Waals surface area contributed by atoms with Gasteiger partial charge in [0, 0.05) is 6.54 Å². The molecule has 0 aromatic heterocycles. The maximum Gasteiger partial charge on any atom is 0.490 e. The number of allylic oxidation sites excluding steroid dienone is 1.